The Morgan fingerprint density at radius 1 is 1.28 bits per heavy atom. The van der Waals surface area contributed by atoms with E-state index in [2.05, 4.69) is 29.2 Å². The number of oxime groups is 1. The van der Waals surface area contributed by atoms with Gasteiger partial charge in [-0.15, -0.1) is 11.8 Å². The maximum atomic E-state index is 13.1. The molecule has 2 aromatic heterocycles. The van der Waals surface area contributed by atoms with Crippen molar-refractivity contribution in [3.8, 4) is 0 Å². The number of nitrogens with two attached hydrogens (primary N) is 1. The van der Waals surface area contributed by atoms with Crippen LogP contribution in [0.1, 0.15) is 29.2 Å². The molecule has 39 heavy (non-hydrogen) atoms. The molecule has 0 spiro atoms. The number of carboxylic acid groups (broad SMARTS) is 2. The van der Waals surface area contributed by atoms with Gasteiger partial charge in [0.25, 0.3) is 11.8 Å². The van der Waals surface area contributed by atoms with Gasteiger partial charge in [-0.25, -0.2) is 9.59 Å². The van der Waals surface area contributed by atoms with Crippen LogP contribution in [0.3, 0.4) is 0 Å². The zero-order valence-corrected chi connectivity index (χ0v) is 22.1. The Morgan fingerprint density at radius 2 is 2.05 bits per heavy atom. The summed E-state index contributed by atoms with van der Waals surface area (Å²) >= 11 is 3.81. The number of aliphatic carboxylic acids is 2. The first-order valence-electron chi connectivity index (χ1n) is 11.5. The van der Waals surface area contributed by atoms with E-state index in [0.717, 1.165) is 37.2 Å². The summed E-state index contributed by atoms with van der Waals surface area (Å²) < 4.78 is 5.97. The van der Waals surface area contributed by atoms with Gasteiger partial charge in [0, 0.05) is 29.3 Å². The molecule has 0 bridgehead atoms. The Morgan fingerprint density at radius 3 is 2.74 bits per heavy atom. The van der Waals surface area contributed by atoms with Crippen LogP contribution < -0.4 is 15.6 Å². The van der Waals surface area contributed by atoms with Crippen LogP contribution in [0.15, 0.2) is 21.9 Å². The summed E-state index contributed by atoms with van der Waals surface area (Å²) in [6, 6.07) is -1.04. The standard InChI is InChI=1S/C21H21N7O7S3.Na.H/c22-21-24-16(26-38-21)13(25-35-6-12(29)30)17(31)23-14-18(32)28-15(20(33)34)9(7-36-19(14)28)5-27-8-37-11-4-2-1-3-10(11)27;;/h8,14,19H,1-7H2,(H4-,22,23,24,26,29,30,31,33,34);;/p+1/b25-13+;;/t14-,19-;;/m1../s1. The number of rotatable bonds is 9. The van der Waals surface area contributed by atoms with Crippen molar-refractivity contribution < 1.29 is 38.8 Å². The van der Waals surface area contributed by atoms with Gasteiger partial charge in [-0.3, -0.25) is 14.5 Å². The molecule has 18 heteroatoms. The average Bonchev–Trinajstić information content (AvgIpc) is 3.50. The van der Waals surface area contributed by atoms with Crippen molar-refractivity contribution in [3.63, 3.8) is 0 Å². The number of hydrogen-bond donors (Lipinski definition) is 4. The number of aromatic nitrogens is 3. The van der Waals surface area contributed by atoms with Crippen LogP contribution in [0.2, 0.25) is 0 Å². The van der Waals surface area contributed by atoms with E-state index in [9.17, 15) is 24.3 Å². The molecule has 2 atom stereocenters. The molecule has 0 saturated carbocycles. The van der Waals surface area contributed by atoms with Gasteiger partial charge in [0.05, 0.1) is 4.88 Å². The first-order valence-corrected chi connectivity index (χ1v) is 14.2. The third-order valence-corrected chi connectivity index (χ3v) is 9.13. The number of carboxylic acids is 2. The molecule has 2 aromatic rings. The van der Waals surface area contributed by atoms with E-state index in [0.29, 0.717) is 17.9 Å². The minimum absolute atomic E-state index is 0. The van der Waals surface area contributed by atoms with E-state index in [1.54, 1.807) is 11.3 Å². The second-order valence-electron chi connectivity index (χ2n) is 8.61. The molecule has 0 unspecified atom stereocenters. The monoisotopic (exact) mass is 604 g/mol. The van der Waals surface area contributed by atoms with E-state index in [4.69, 9.17) is 10.8 Å². The number of carbonyl (C=O) groups is 4. The number of hydrogen-bond acceptors (Lipinski definition) is 12. The van der Waals surface area contributed by atoms with E-state index < -0.39 is 47.5 Å². The molecule has 0 radical (unpaired) electrons. The fourth-order valence-electron chi connectivity index (χ4n) is 4.50. The fourth-order valence-corrected chi connectivity index (χ4v) is 7.35. The van der Waals surface area contributed by atoms with Crippen LogP contribution in [-0.2, 0) is 43.4 Å². The van der Waals surface area contributed by atoms with Crippen molar-refractivity contribution in [2.24, 2.45) is 5.16 Å². The van der Waals surface area contributed by atoms with E-state index in [1.807, 2.05) is 5.51 Å². The number of β-lactam (4-membered cyclic amide) rings is 1. The van der Waals surface area contributed by atoms with Gasteiger partial charge in [0.1, 0.15) is 17.1 Å². The number of carbonyl (C=O) groups excluding carboxylic acids is 2. The number of thioether (sulfide) groups is 1. The van der Waals surface area contributed by atoms with Crippen LogP contribution in [0, 0.1) is 0 Å². The Labute approximate surface area is 255 Å². The normalized spacial score (nSPS) is 20.4. The Bertz CT molecular complexity index is 1390. The molecule has 1 saturated heterocycles. The SMILES string of the molecule is Nc1nc(/C(=N\OCC(=O)O)C(=O)N[C@@H]2C(=O)N3C(C(=O)O)=C(C[n+]4csc5c4CCCC5)CS[C@H]23)ns1.[NaH]. The first-order chi connectivity index (χ1) is 18.2. The Balaban J connectivity index is 0.00000353. The summed E-state index contributed by atoms with van der Waals surface area (Å²) in [5, 5.41) is 24.2. The fraction of sp³-hybridized carbons (Fsp3) is 0.429. The molecule has 5 N–H and O–H groups in total. The number of anilines is 1. The van der Waals surface area contributed by atoms with Crippen molar-refractivity contribution in [2.45, 2.75) is 43.6 Å². The zero-order valence-electron chi connectivity index (χ0n) is 19.7. The second kappa shape index (κ2) is 12.3. The second-order valence-corrected chi connectivity index (χ2v) is 11.4. The molecule has 14 nitrogen and oxygen atoms in total. The Hall–Kier alpha value is -2.57. The van der Waals surface area contributed by atoms with Gasteiger partial charge in [-0.1, -0.05) is 16.5 Å². The number of nitrogen functional groups attached to an aromatic ring is 1. The van der Waals surface area contributed by atoms with E-state index in [1.165, 1.54) is 27.2 Å². The first kappa shape index (κ1) is 29.4. The number of fused-ring (bicyclic) bond motifs is 2. The molecule has 2 amide bonds. The summed E-state index contributed by atoms with van der Waals surface area (Å²) in [7, 11) is 0. The number of thiazole rings is 1. The Kier molecular flexibility index (Phi) is 9.28. The van der Waals surface area contributed by atoms with Gasteiger partial charge in [-0.2, -0.15) is 13.9 Å². The summed E-state index contributed by atoms with van der Waals surface area (Å²) in [4.78, 5) is 60.2. The van der Waals surface area contributed by atoms with Crippen molar-refractivity contribution in [3.05, 3.63) is 33.2 Å². The van der Waals surface area contributed by atoms with Gasteiger partial charge in [0.15, 0.2) is 17.4 Å². The van der Waals surface area contributed by atoms with Gasteiger partial charge >= 0.3 is 41.5 Å². The summed E-state index contributed by atoms with van der Waals surface area (Å²) in [6.07, 6.45) is 4.21. The predicted molar refractivity (Wildman–Crippen MR) is 142 cm³/mol. The molecule has 2 aliphatic heterocycles. The van der Waals surface area contributed by atoms with Crippen LogP contribution in [0.25, 0.3) is 0 Å². The molecular weight excluding hydrogens is 581 g/mol. The van der Waals surface area contributed by atoms with Gasteiger partial charge < -0.3 is 26.1 Å². The number of amides is 2. The van der Waals surface area contributed by atoms with Crippen molar-refractivity contribution >= 4 is 98.8 Å². The quantitative estimate of drug-likeness (QED) is 0.0894. The number of aryl methyl sites for hydroxylation is 1. The van der Waals surface area contributed by atoms with Crippen molar-refractivity contribution in [2.75, 3.05) is 18.1 Å². The van der Waals surface area contributed by atoms with Crippen LogP contribution in [-0.4, -0.2) is 107 Å². The molecule has 0 aromatic carbocycles. The number of nitrogens with zero attached hydrogens (tertiary/aromatic N) is 5. The molecule has 202 valence electrons. The maximum absolute atomic E-state index is 13.1. The zero-order chi connectivity index (χ0) is 27.0. The van der Waals surface area contributed by atoms with E-state index >= 15 is 0 Å². The molecule has 5 rings (SSSR count). The third-order valence-electron chi connectivity index (χ3n) is 6.17. The van der Waals surface area contributed by atoms with E-state index in [-0.39, 0.29) is 46.2 Å². The summed E-state index contributed by atoms with van der Waals surface area (Å²) in [5.74, 6) is -3.82. The van der Waals surface area contributed by atoms with Crippen molar-refractivity contribution in [1.29, 1.82) is 0 Å². The van der Waals surface area contributed by atoms with Crippen LogP contribution >= 0.6 is 34.6 Å². The molecule has 1 fully saturated rings. The van der Waals surface area contributed by atoms with Gasteiger partial charge in [0.2, 0.25) is 23.7 Å². The number of nitrogens with one attached hydrogen (secondary N) is 1. The van der Waals surface area contributed by atoms with Crippen molar-refractivity contribution in [1.82, 2.24) is 19.6 Å². The molecule has 4 heterocycles. The summed E-state index contributed by atoms with van der Waals surface area (Å²) in [5.41, 5.74) is 8.91. The minimum atomic E-state index is -1.31. The molecular formula is C21H23N7NaO7S3+. The topological polar surface area (TPSA) is 201 Å². The third kappa shape index (κ3) is 5.97. The predicted octanol–water partition coefficient (Wildman–Crippen LogP) is -1.06. The summed E-state index contributed by atoms with van der Waals surface area (Å²) in [6.45, 7) is -0.436. The molecule has 3 aliphatic rings. The van der Waals surface area contributed by atoms with Gasteiger partial charge in [-0.05, 0) is 19.3 Å². The molecule has 1 aliphatic carbocycles. The average molecular weight is 605 g/mol. The van der Waals surface area contributed by atoms with Crippen LogP contribution in [0.5, 0.6) is 0 Å². The van der Waals surface area contributed by atoms with Crippen LogP contribution in [0.4, 0.5) is 5.13 Å².